The summed E-state index contributed by atoms with van der Waals surface area (Å²) in [7, 11) is 0. The van der Waals surface area contributed by atoms with Crippen LogP contribution in [0.1, 0.15) is 74.8 Å². The molecule has 40 heavy (non-hydrogen) atoms. The number of aromatic nitrogens is 1. The van der Waals surface area contributed by atoms with Crippen LogP contribution in [0.4, 0.5) is 4.79 Å². The molecule has 5 rings (SSSR count). The van der Waals surface area contributed by atoms with Crippen molar-refractivity contribution in [3.63, 3.8) is 0 Å². The Labute approximate surface area is 258 Å². The molecule has 214 valence electrons. The third-order valence-electron chi connectivity index (χ3n) is 8.82. The van der Waals surface area contributed by atoms with Crippen molar-refractivity contribution in [3.05, 3.63) is 72.4 Å². The van der Waals surface area contributed by atoms with Crippen molar-refractivity contribution in [2.75, 3.05) is 19.6 Å². The van der Waals surface area contributed by atoms with Gasteiger partial charge in [-0.05, 0) is 101 Å². The number of carbonyl (C=O) groups is 2. The number of benzene rings is 1. The van der Waals surface area contributed by atoms with E-state index in [1.807, 2.05) is 17.2 Å². The van der Waals surface area contributed by atoms with E-state index in [1.54, 1.807) is 6.08 Å². The third kappa shape index (κ3) is 6.14. The van der Waals surface area contributed by atoms with Gasteiger partial charge >= 0.3 is 6.09 Å². The molecule has 2 aromatic rings. The summed E-state index contributed by atoms with van der Waals surface area (Å²) in [5.41, 5.74) is 5.79. The van der Waals surface area contributed by atoms with Gasteiger partial charge in [0.15, 0.2) is 0 Å². The number of likely N-dealkylation sites (tertiary alicyclic amines) is 2. The molecule has 3 heterocycles. The number of amides is 2. The van der Waals surface area contributed by atoms with Gasteiger partial charge in [0.2, 0.25) is 5.91 Å². The van der Waals surface area contributed by atoms with Gasteiger partial charge in [-0.1, -0.05) is 53.9 Å². The molecular formula is C31H36Br2ClN3O3. The van der Waals surface area contributed by atoms with Crippen molar-refractivity contribution in [3.8, 4) is 0 Å². The van der Waals surface area contributed by atoms with E-state index in [0.717, 1.165) is 50.9 Å². The first-order valence-corrected chi connectivity index (χ1v) is 16.0. The van der Waals surface area contributed by atoms with Crippen molar-refractivity contribution < 1.29 is 14.7 Å². The van der Waals surface area contributed by atoms with Gasteiger partial charge in [-0.15, -0.1) is 0 Å². The molecule has 0 bridgehead atoms. The predicted molar refractivity (Wildman–Crippen MR) is 165 cm³/mol. The maximum atomic E-state index is 13.4. The molecule has 0 spiro atoms. The Morgan fingerprint density at radius 1 is 1.05 bits per heavy atom. The fourth-order valence-electron chi connectivity index (χ4n) is 6.76. The van der Waals surface area contributed by atoms with E-state index in [9.17, 15) is 14.7 Å². The highest BCUT2D eigenvalue weighted by Gasteiger charge is 2.38. The molecule has 1 unspecified atom stereocenters. The summed E-state index contributed by atoms with van der Waals surface area (Å²) in [6, 6.07) is 6.14. The largest absolute Gasteiger partial charge is 0.465 e. The minimum absolute atomic E-state index is 0.0431. The molecule has 2 amide bonds. The second-order valence-electron chi connectivity index (χ2n) is 12.4. The average molecular weight is 694 g/mol. The first kappa shape index (κ1) is 29.6. The van der Waals surface area contributed by atoms with E-state index in [2.05, 4.69) is 64.8 Å². The lowest BCUT2D eigenvalue weighted by Gasteiger charge is -2.42. The normalized spacial score (nSPS) is 23.0. The minimum atomic E-state index is -0.884. The topological polar surface area (TPSA) is 73.7 Å². The monoisotopic (exact) mass is 691 g/mol. The van der Waals surface area contributed by atoms with Crippen molar-refractivity contribution in [1.29, 1.82) is 0 Å². The molecule has 9 heteroatoms. The second-order valence-corrected chi connectivity index (χ2v) is 14.6. The van der Waals surface area contributed by atoms with Crippen LogP contribution in [-0.2, 0) is 17.6 Å². The van der Waals surface area contributed by atoms with Gasteiger partial charge in [-0.3, -0.25) is 9.78 Å². The summed E-state index contributed by atoms with van der Waals surface area (Å²) in [5.74, 6) is 0.528. The van der Waals surface area contributed by atoms with Crippen LogP contribution < -0.4 is 0 Å². The summed E-state index contributed by atoms with van der Waals surface area (Å²) in [5, 5.41) is 10.4. The van der Waals surface area contributed by atoms with Gasteiger partial charge in [0.25, 0.3) is 0 Å². The molecule has 1 aromatic carbocycles. The first-order valence-electron chi connectivity index (χ1n) is 14.0. The van der Waals surface area contributed by atoms with Crippen molar-refractivity contribution >= 4 is 55.5 Å². The number of piperidine rings is 2. The average Bonchev–Trinajstić information content (AvgIpc) is 3.05. The molecular weight excluding hydrogens is 658 g/mol. The lowest BCUT2D eigenvalue weighted by Crippen LogP contribution is -2.50. The Bertz CT molecular complexity index is 1350. The Hall–Kier alpha value is -1.90. The number of halogens is 3. The van der Waals surface area contributed by atoms with Crippen LogP contribution in [0, 0.1) is 11.3 Å². The van der Waals surface area contributed by atoms with E-state index >= 15 is 0 Å². The van der Waals surface area contributed by atoms with Crippen LogP contribution in [0.2, 0.25) is 5.02 Å². The standard InChI is InChI=1S/C31H36Br2ClN3O3/c1-31(2,3)25-12-18(6-11-37(25)30(39)40)13-26(38)36-9-7-19(8-10-36)28-27-20(15-23(34)16-24(27)33)4-5-21-14-22(32)17-35-29(21)28/h13-17,19,25,28H,4-12H2,1-3H3,(H,39,40)/t25?,28-/m1/s1. The highest BCUT2D eigenvalue weighted by Crippen LogP contribution is 2.46. The van der Waals surface area contributed by atoms with Gasteiger partial charge in [-0.25, -0.2) is 4.79 Å². The lowest BCUT2D eigenvalue weighted by atomic mass is 9.76. The molecule has 1 N–H and O–H groups in total. The highest BCUT2D eigenvalue weighted by molar-refractivity contribution is 9.10. The molecule has 1 aromatic heterocycles. The molecule has 2 aliphatic heterocycles. The summed E-state index contributed by atoms with van der Waals surface area (Å²) in [6.45, 7) is 8.01. The van der Waals surface area contributed by atoms with Crippen LogP contribution in [0.3, 0.4) is 0 Å². The Morgan fingerprint density at radius 2 is 1.75 bits per heavy atom. The maximum Gasteiger partial charge on any atom is 0.407 e. The third-order valence-corrected chi connectivity index (χ3v) is 10.1. The van der Waals surface area contributed by atoms with Crippen LogP contribution in [0.15, 0.2) is 45.0 Å². The van der Waals surface area contributed by atoms with Crippen LogP contribution in [0.5, 0.6) is 0 Å². The summed E-state index contributed by atoms with van der Waals surface area (Å²) < 4.78 is 2.02. The number of nitrogens with zero attached hydrogens (tertiary/aromatic N) is 3. The van der Waals surface area contributed by atoms with Gasteiger partial charge < -0.3 is 14.9 Å². The van der Waals surface area contributed by atoms with Gasteiger partial charge in [0.05, 0.1) is 5.69 Å². The number of carbonyl (C=O) groups excluding carboxylic acids is 1. The van der Waals surface area contributed by atoms with E-state index in [-0.39, 0.29) is 23.3 Å². The SMILES string of the molecule is CC(C)(C)C1CC(=CC(=O)N2CCC([C@H]3c4ncc(Br)cc4CCc4cc(Cl)cc(Br)c43)CC2)CCN1C(=O)O. The molecule has 3 aliphatic rings. The molecule has 2 saturated heterocycles. The number of fused-ring (bicyclic) bond motifs is 2. The fraction of sp³-hybridized carbons (Fsp3) is 0.516. The summed E-state index contributed by atoms with van der Waals surface area (Å²) in [4.78, 5) is 33.6. The van der Waals surface area contributed by atoms with Gasteiger partial charge in [0.1, 0.15) is 0 Å². The van der Waals surface area contributed by atoms with E-state index in [0.29, 0.717) is 38.4 Å². The Morgan fingerprint density at radius 3 is 2.42 bits per heavy atom. The van der Waals surface area contributed by atoms with Gasteiger partial charge in [-0.2, -0.15) is 0 Å². The molecule has 2 atom stereocenters. The molecule has 6 nitrogen and oxygen atoms in total. The molecule has 0 radical (unpaired) electrons. The number of hydrogen-bond acceptors (Lipinski definition) is 3. The number of aryl methyl sites for hydroxylation is 2. The van der Waals surface area contributed by atoms with Crippen molar-refractivity contribution in [1.82, 2.24) is 14.8 Å². The zero-order valence-corrected chi connectivity index (χ0v) is 27.1. The maximum absolute atomic E-state index is 13.4. The fourth-order valence-corrected chi connectivity index (χ4v) is 8.26. The number of pyridine rings is 1. The zero-order valence-electron chi connectivity index (χ0n) is 23.2. The first-order chi connectivity index (χ1) is 18.9. The number of rotatable bonds is 2. The predicted octanol–water partition coefficient (Wildman–Crippen LogP) is 7.84. The van der Waals surface area contributed by atoms with E-state index in [4.69, 9.17) is 16.6 Å². The molecule has 1 aliphatic carbocycles. The van der Waals surface area contributed by atoms with Gasteiger partial charge in [0, 0.05) is 57.8 Å². The van der Waals surface area contributed by atoms with E-state index < -0.39 is 6.09 Å². The van der Waals surface area contributed by atoms with Crippen molar-refractivity contribution in [2.45, 2.75) is 71.3 Å². The summed E-state index contributed by atoms with van der Waals surface area (Å²) in [6.07, 6.45) is 7.61. The highest BCUT2D eigenvalue weighted by atomic mass is 79.9. The van der Waals surface area contributed by atoms with Crippen LogP contribution in [0.25, 0.3) is 0 Å². The van der Waals surface area contributed by atoms with Crippen molar-refractivity contribution in [2.24, 2.45) is 11.3 Å². The van der Waals surface area contributed by atoms with Crippen LogP contribution in [-0.4, -0.2) is 57.6 Å². The molecule has 0 saturated carbocycles. The van der Waals surface area contributed by atoms with E-state index in [1.165, 1.54) is 21.6 Å². The lowest BCUT2D eigenvalue weighted by molar-refractivity contribution is -0.127. The summed E-state index contributed by atoms with van der Waals surface area (Å²) >= 11 is 13.9. The second kappa shape index (κ2) is 11.8. The van der Waals surface area contributed by atoms with Crippen LogP contribution >= 0.6 is 43.5 Å². The molecule has 2 fully saturated rings. The number of carboxylic acid groups (broad SMARTS) is 1. The quantitative estimate of drug-likeness (QED) is 0.326. The minimum Gasteiger partial charge on any atom is -0.465 e. The Kier molecular flexibility index (Phi) is 8.70. The smallest absolute Gasteiger partial charge is 0.407 e. The zero-order chi connectivity index (χ0) is 28.8. The Balaban J connectivity index is 1.34. The number of hydrogen-bond donors (Lipinski definition) is 1.